The van der Waals surface area contributed by atoms with Crippen molar-refractivity contribution in [3.8, 4) is 0 Å². The van der Waals surface area contributed by atoms with E-state index in [2.05, 4.69) is 20.8 Å². The average Bonchev–Trinajstić information content (AvgIpc) is 2.94. The highest BCUT2D eigenvalue weighted by Crippen LogP contribution is 2.30. The van der Waals surface area contributed by atoms with Crippen LogP contribution in [0.3, 0.4) is 0 Å². The normalized spacial score (nSPS) is 25.4. The highest BCUT2D eigenvalue weighted by molar-refractivity contribution is 7.14. The van der Waals surface area contributed by atoms with Gasteiger partial charge in [-0.25, -0.2) is 0 Å². The molecular weight excluding hydrogens is 294 g/mol. The van der Waals surface area contributed by atoms with E-state index in [1.54, 1.807) is 11.3 Å². The minimum Gasteiger partial charge on any atom is -0.371 e. The third kappa shape index (κ3) is 3.86. The topological polar surface area (TPSA) is 52.3 Å². The standard InChI is InChI=1S/C18H27NO2S/c1-5-14(6-2)21-16-10-13(9-15(19)12(16)4)18(20)17-8-7-11(3)22-17/h7-8,10,12,14-16H,5-6,9,19H2,1-4H3/t12-,15+,16-/m1/s1. The van der Waals surface area contributed by atoms with Gasteiger partial charge in [0.05, 0.1) is 17.1 Å². The van der Waals surface area contributed by atoms with Gasteiger partial charge in [0, 0.05) is 22.4 Å². The minimum atomic E-state index is -0.0614. The fourth-order valence-electron chi connectivity index (χ4n) is 2.85. The van der Waals surface area contributed by atoms with Crippen LogP contribution in [0.5, 0.6) is 0 Å². The fourth-order valence-corrected chi connectivity index (χ4v) is 3.69. The summed E-state index contributed by atoms with van der Waals surface area (Å²) in [5, 5.41) is 0. The Morgan fingerprint density at radius 3 is 2.64 bits per heavy atom. The number of rotatable bonds is 6. The third-order valence-corrected chi connectivity index (χ3v) is 5.53. The van der Waals surface area contributed by atoms with Gasteiger partial charge >= 0.3 is 0 Å². The van der Waals surface area contributed by atoms with Crippen molar-refractivity contribution in [2.75, 3.05) is 0 Å². The van der Waals surface area contributed by atoms with Crippen molar-refractivity contribution < 1.29 is 9.53 Å². The van der Waals surface area contributed by atoms with E-state index in [1.807, 2.05) is 25.1 Å². The minimum absolute atomic E-state index is 0.0237. The molecule has 0 amide bonds. The zero-order valence-corrected chi connectivity index (χ0v) is 14.8. The SMILES string of the molecule is CCC(CC)O[C@@H]1C=C(C(=O)c2ccc(C)s2)C[C@H](N)[C@H]1C. The van der Waals surface area contributed by atoms with Crippen LogP contribution < -0.4 is 5.73 Å². The Morgan fingerprint density at radius 2 is 2.09 bits per heavy atom. The van der Waals surface area contributed by atoms with E-state index in [9.17, 15) is 4.79 Å². The van der Waals surface area contributed by atoms with Gasteiger partial charge in [-0.2, -0.15) is 0 Å². The maximum atomic E-state index is 12.7. The third-order valence-electron chi connectivity index (χ3n) is 4.53. The van der Waals surface area contributed by atoms with Gasteiger partial charge in [-0.05, 0) is 44.4 Å². The molecule has 0 radical (unpaired) electrons. The monoisotopic (exact) mass is 321 g/mol. The first-order valence-electron chi connectivity index (χ1n) is 8.19. The lowest BCUT2D eigenvalue weighted by molar-refractivity contribution is -0.0247. The zero-order valence-electron chi connectivity index (χ0n) is 14.0. The van der Waals surface area contributed by atoms with Crippen molar-refractivity contribution in [2.24, 2.45) is 11.7 Å². The number of Topliss-reactive ketones (excluding diaryl/α,β-unsaturated/α-hetero) is 1. The maximum Gasteiger partial charge on any atom is 0.198 e. The summed E-state index contributed by atoms with van der Waals surface area (Å²) < 4.78 is 6.19. The Morgan fingerprint density at radius 1 is 1.41 bits per heavy atom. The van der Waals surface area contributed by atoms with E-state index in [0.717, 1.165) is 28.2 Å². The van der Waals surface area contributed by atoms with Crippen LogP contribution in [0.25, 0.3) is 0 Å². The molecule has 0 saturated carbocycles. The molecule has 0 saturated heterocycles. The molecular formula is C18H27NO2S. The van der Waals surface area contributed by atoms with Crippen LogP contribution >= 0.6 is 11.3 Å². The molecule has 0 aliphatic heterocycles. The average molecular weight is 321 g/mol. The van der Waals surface area contributed by atoms with Crippen molar-refractivity contribution in [1.82, 2.24) is 0 Å². The summed E-state index contributed by atoms with van der Waals surface area (Å²) in [4.78, 5) is 14.6. The summed E-state index contributed by atoms with van der Waals surface area (Å²) >= 11 is 1.54. The van der Waals surface area contributed by atoms with Crippen molar-refractivity contribution >= 4 is 17.1 Å². The smallest absolute Gasteiger partial charge is 0.198 e. The summed E-state index contributed by atoms with van der Waals surface area (Å²) in [5.41, 5.74) is 7.08. The van der Waals surface area contributed by atoms with E-state index in [1.165, 1.54) is 0 Å². The molecule has 1 aliphatic rings. The molecule has 2 N–H and O–H groups in total. The molecule has 1 aliphatic carbocycles. The van der Waals surface area contributed by atoms with Gasteiger partial charge in [0.1, 0.15) is 0 Å². The first-order valence-corrected chi connectivity index (χ1v) is 9.00. The van der Waals surface area contributed by atoms with Crippen molar-refractivity contribution in [3.05, 3.63) is 33.5 Å². The predicted octanol–water partition coefficient (Wildman–Crippen LogP) is 4.11. The lowest BCUT2D eigenvalue weighted by atomic mass is 9.82. The molecule has 0 bridgehead atoms. The predicted molar refractivity (Wildman–Crippen MR) is 92.5 cm³/mol. The molecule has 1 heterocycles. The summed E-state index contributed by atoms with van der Waals surface area (Å²) in [7, 11) is 0. The van der Waals surface area contributed by atoms with Crippen molar-refractivity contribution in [2.45, 2.75) is 65.2 Å². The Balaban J connectivity index is 2.21. The molecule has 3 nitrogen and oxygen atoms in total. The number of aryl methyl sites for hydroxylation is 1. The summed E-state index contributed by atoms with van der Waals surface area (Å²) in [6.07, 6.45) is 4.79. The van der Waals surface area contributed by atoms with Crippen molar-refractivity contribution in [3.63, 3.8) is 0 Å². The second kappa shape index (κ2) is 7.53. The molecule has 0 fully saturated rings. The molecule has 3 atom stereocenters. The molecule has 1 aromatic rings. The first-order chi connectivity index (χ1) is 10.5. The number of carbonyl (C=O) groups excluding carboxylic acids is 1. The van der Waals surface area contributed by atoms with Crippen LogP contribution in [0.1, 0.15) is 54.6 Å². The lowest BCUT2D eigenvalue weighted by Gasteiger charge is -2.34. The summed E-state index contributed by atoms with van der Waals surface area (Å²) in [5.74, 6) is 0.348. The van der Waals surface area contributed by atoms with Crippen LogP contribution in [0.15, 0.2) is 23.8 Å². The molecule has 0 unspecified atom stereocenters. The van der Waals surface area contributed by atoms with Gasteiger partial charge in [0.15, 0.2) is 5.78 Å². The lowest BCUT2D eigenvalue weighted by Crippen LogP contribution is -2.42. The summed E-state index contributed by atoms with van der Waals surface area (Å²) in [6, 6.07) is 3.87. The van der Waals surface area contributed by atoms with Crippen LogP contribution in [-0.2, 0) is 4.74 Å². The maximum absolute atomic E-state index is 12.7. The van der Waals surface area contributed by atoms with Crippen LogP contribution in [0.4, 0.5) is 0 Å². The molecule has 1 aromatic heterocycles. The van der Waals surface area contributed by atoms with E-state index in [0.29, 0.717) is 6.42 Å². The van der Waals surface area contributed by atoms with Crippen LogP contribution in [0, 0.1) is 12.8 Å². The number of ketones is 1. The van der Waals surface area contributed by atoms with Gasteiger partial charge in [0.25, 0.3) is 0 Å². The molecule has 22 heavy (non-hydrogen) atoms. The van der Waals surface area contributed by atoms with Crippen LogP contribution in [0.2, 0.25) is 0 Å². The van der Waals surface area contributed by atoms with E-state index >= 15 is 0 Å². The number of nitrogens with two attached hydrogens (primary N) is 1. The largest absolute Gasteiger partial charge is 0.371 e. The number of carbonyl (C=O) groups is 1. The Kier molecular flexibility index (Phi) is 5.95. The highest BCUT2D eigenvalue weighted by Gasteiger charge is 2.32. The molecule has 2 rings (SSSR count). The number of hydrogen-bond donors (Lipinski definition) is 1. The molecule has 122 valence electrons. The Hall–Kier alpha value is -0.970. The van der Waals surface area contributed by atoms with Gasteiger partial charge in [0.2, 0.25) is 0 Å². The van der Waals surface area contributed by atoms with Crippen LogP contribution in [-0.4, -0.2) is 24.0 Å². The molecule has 0 spiro atoms. The van der Waals surface area contributed by atoms with Gasteiger partial charge in [-0.3, -0.25) is 4.79 Å². The van der Waals surface area contributed by atoms with E-state index < -0.39 is 0 Å². The van der Waals surface area contributed by atoms with Gasteiger partial charge in [-0.15, -0.1) is 11.3 Å². The number of ether oxygens (including phenoxy) is 1. The van der Waals surface area contributed by atoms with Gasteiger partial charge in [-0.1, -0.05) is 20.8 Å². The zero-order chi connectivity index (χ0) is 16.3. The summed E-state index contributed by atoms with van der Waals surface area (Å²) in [6.45, 7) is 8.39. The van der Waals surface area contributed by atoms with E-state index in [4.69, 9.17) is 10.5 Å². The molecule has 0 aromatic carbocycles. The second-order valence-corrected chi connectivity index (χ2v) is 7.49. The Labute approximate surface area is 137 Å². The quantitative estimate of drug-likeness (QED) is 0.802. The van der Waals surface area contributed by atoms with Crippen molar-refractivity contribution in [1.29, 1.82) is 0 Å². The Bertz CT molecular complexity index is 545. The highest BCUT2D eigenvalue weighted by atomic mass is 32.1. The first kappa shape index (κ1) is 17.4. The number of thiophene rings is 1. The fraction of sp³-hybridized carbons (Fsp3) is 0.611. The van der Waals surface area contributed by atoms with Gasteiger partial charge < -0.3 is 10.5 Å². The second-order valence-electron chi connectivity index (χ2n) is 6.20. The molecule has 4 heteroatoms. The van der Waals surface area contributed by atoms with E-state index in [-0.39, 0.29) is 30.0 Å². The number of hydrogen-bond acceptors (Lipinski definition) is 4.